The second-order valence-corrected chi connectivity index (χ2v) is 4.37. The minimum Gasteiger partial charge on any atom is -0.331 e. The molecule has 0 radical (unpaired) electrons. The van der Waals surface area contributed by atoms with Gasteiger partial charge in [-0.2, -0.15) is 0 Å². The summed E-state index contributed by atoms with van der Waals surface area (Å²) in [5.41, 5.74) is 0.953. The average molecular weight is 218 g/mol. The van der Waals surface area contributed by atoms with Gasteiger partial charge in [-0.3, -0.25) is 4.79 Å². The molecule has 3 heteroatoms. The van der Waals surface area contributed by atoms with Crippen molar-refractivity contribution in [2.75, 3.05) is 0 Å². The van der Waals surface area contributed by atoms with Gasteiger partial charge in [-0.25, -0.2) is 4.98 Å². The van der Waals surface area contributed by atoms with Crippen LogP contribution in [0.15, 0.2) is 24.0 Å². The van der Waals surface area contributed by atoms with Crippen molar-refractivity contribution in [3.05, 3.63) is 29.9 Å². The number of hydrogen-bond donors (Lipinski definition) is 0. The van der Waals surface area contributed by atoms with Gasteiger partial charge in [0.05, 0.1) is 0 Å². The van der Waals surface area contributed by atoms with Gasteiger partial charge in [-0.05, 0) is 31.3 Å². The summed E-state index contributed by atoms with van der Waals surface area (Å²) in [4.78, 5) is 16.3. The van der Waals surface area contributed by atoms with Crippen LogP contribution in [0.5, 0.6) is 0 Å². The van der Waals surface area contributed by atoms with Crippen LogP contribution >= 0.6 is 0 Å². The summed E-state index contributed by atoms with van der Waals surface area (Å²) in [6.07, 6.45) is 12.4. The van der Waals surface area contributed by atoms with E-state index in [9.17, 15) is 4.79 Å². The molecule has 1 aliphatic carbocycles. The lowest BCUT2D eigenvalue weighted by molar-refractivity contribution is 0.101. The van der Waals surface area contributed by atoms with Crippen molar-refractivity contribution in [3.8, 4) is 0 Å². The van der Waals surface area contributed by atoms with E-state index in [4.69, 9.17) is 0 Å². The van der Waals surface area contributed by atoms with E-state index in [-0.39, 0.29) is 5.78 Å². The van der Waals surface area contributed by atoms with Gasteiger partial charge in [0.1, 0.15) is 0 Å². The van der Waals surface area contributed by atoms with E-state index in [0.717, 1.165) is 24.8 Å². The molecule has 0 atom stereocenters. The molecule has 1 heterocycles. The number of nitrogens with zero attached hydrogens (tertiary/aromatic N) is 2. The van der Waals surface area contributed by atoms with Crippen molar-refractivity contribution >= 4 is 5.78 Å². The fourth-order valence-electron chi connectivity index (χ4n) is 2.13. The maximum absolute atomic E-state index is 12.2. The van der Waals surface area contributed by atoms with Gasteiger partial charge in [-0.15, -0.1) is 0 Å². The molecule has 0 fully saturated rings. The standard InChI is InChI=1S/C13H18N2O/c1-15-10-9-14-13(15)12(16)11-7-5-3-2-4-6-8-11/h7,9-10H,2-6,8H2,1H3/b11-7+. The summed E-state index contributed by atoms with van der Waals surface area (Å²) in [6, 6.07) is 0. The Labute approximate surface area is 96.2 Å². The number of hydrogen-bond acceptors (Lipinski definition) is 2. The highest BCUT2D eigenvalue weighted by Gasteiger charge is 2.16. The molecule has 0 spiro atoms. The largest absolute Gasteiger partial charge is 0.331 e. The molecule has 0 aromatic carbocycles. The first-order valence-electron chi connectivity index (χ1n) is 6.00. The van der Waals surface area contributed by atoms with E-state index in [1.807, 2.05) is 13.2 Å². The third-order valence-corrected chi connectivity index (χ3v) is 3.11. The molecule has 0 unspecified atom stereocenters. The van der Waals surface area contributed by atoms with E-state index < -0.39 is 0 Å². The average Bonchev–Trinajstić information content (AvgIpc) is 2.63. The smallest absolute Gasteiger partial charge is 0.224 e. The Morgan fingerprint density at radius 2 is 2.12 bits per heavy atom. The highest BCUT2D eigenvalue weighted by atomic mass is 16.1. The van der Waals surface area contributed by atoms with Crippen molar-refractivity contribution in [1.82, 2.24) is 9.55 Å². The number of aryl methyl sites for hydroxylation is 1. The molecule has 2 rings (SSSR count). The van der Waals surface area contributed by atoms with Crippen molar-refractivity contribution in [2.45, 2.75) is 38.5 Å². The molecule has 0 amide bonds. The van der Waals surface area contributed by atoms with Gasteiger partial charge in [0.2, 0.25) is 5.78 Å². The first-order valence-corrected chi connectivity index (χ1v) is 6.00. The van der Waals surface area contributed by atoms with E-state index in [1.54, 1.807) is 10.8 Å². The quantitative estimate of drug-likeness (QED) is 0.715. The van der Waals surface area contributed by atoms with Crippen LogP contribution < -0.4 is 0 Å². The van der Waals surface area contributed by atoms with Crippen LogP contribution in [0.3, 0.4) is 0 Å². The summed E-state index contributed by atoms with van der Waals surface area (Å²) >= 11 is 0. The number of carbonyl (C=O) groups excluding carboxylic acids is 1. The lowest BCUT2D eigenvalue weighted by Crippen LogP contribution is -2.11. The van der Waals surface area contributed by atoms with Gasteiger partial charge < -0.3 is 4.57 Å². The van der Waals surface area contributed by atoms with Crippen LogP contribution in [0.25, 0.3) is 0 Å². The van der Waals surface area contributed by atoms with Crippen LogP contribution in [0.1, 0.15) is 49.1 Å². The summed E-state index contributed by atoms with van der Waals surface area (Å²) < 4.78 is 1.79. The molecule has 0 bridgehead atoms. The van der Waals surface area contributed by atoms with Gasteiger partial charge in [0.15, 0.2) is 5.82 Å². The van der Waals surface area contributed by atoms with Crippen molar-refractivity contribution in [3.63, 3.8) is 0 Å². The van der Waals surface area contributed by atoms with Gasteiger partial charge in [-0.1, -0.05) is 18.9 Å². The first-order chi connectivity index (χ1) is 7.79. The molecule has 86 valence electrons. The summed E-state index contributed by atoms with van der Waals surface area (Å²) in [6.45, 7) is 0. The number of Topliss-reactive ketones (excluding diaryl/α,β-unsaturated/α-hetero) is 1. The Kier molecular flexibility index (Phi) is 3.54. The second-order valence-electron chi connectivity index (χ2n) is 4.37. The van der Waals surface area contributed by atoms with Crippen molar-refractivity contribution < 1.29 is 4.79 Å². The number of imidazole rings is 1. The Bertz CT molecular complexity index is 404. The zero-order valence-corrected chi connectivity index (χ0v) is 9.78. The SMILES string of the molecule is Cn1ccnc1C(=O)/C1=C/CCCCCC1. The summed E-state index contributed by atoms with van der Waals surface area (Å²) in [5.74, 6) is 0.668. The lowest BCUT2D eigenvalue weighted by Gasteiger charge is -2.10. The Morgan fingerprint density at radius 1 is 1.31 bits per heavy atom. The molecule has 1 aromatic rings. The lowest BCUT2D eigenvalue weighted by atomic mass is 9.97. The maximum Gasteiger partial charge on any atom is 0.224 e. The van der Waals surface area contributed by atoms with Crippen LogP contribution in [0.4, 0.5) is 0 Å². The number of aromatic nitrogens is 2. The summed E-state index contributed by atoms with van der Waals surface area (Å²) in [7, 11) is 1.86. The van der Waals surface area contributed by atoms with E-state index in [1.165, 1.54) is 19.3 Å². The molecule has 0 aliphatic heterocycles. The first kappa shape index (κ1) is 11.1. The summed E-state index contributed by atoms with van der Waals surface area (Å²) in [5, 5.41) is 0. The van der Waals surface area contributed by atoms with E-state index in [0.29, 0.717) is 5.82 Å². The maximum atomic E-state index is 12.2. The molecule has 16 heavy (non-hydrogen) atoms. The topological polar surface area (TPSA) is 34.9 Å². The molecule has 0 saturated carbocycles. The number of ketones is 1. The van der Waals surface area contributed by atoms with Crippen LogP contribution in [-0.2, 0) is 7.05 Å². The van der Waals surface area contributed by atoms with Crippen LogP contribution in [0.2, 0.25) is 0 Å². The molecule has 0 N–H and O–H groups in total. The highest BCUT2D eigenvalue weighted by Crippen LogP contribution is 2.19. The van der Waals surface area contributed by atoms with E-state index >= 15 is 0 Å². The predicted octanol–water partition coefficient (Wildman–Crippen LogP) is 2.88. The van der Waals surface area contributed by atoms with Gasteiger partial charge >= 0.3 is 0 Å². The molecule has 1 aromatic heterocycles. The van der Waals surface area contributed by atoms with E-state index in [2.05, 4.69) is 11.1 Å². The number of rotatable bonds is 2. The number of allylic oxidation sites excluding steroid dienone is 2. The Balaban J connectivity index is 2.17. The van der Waals surface area contributed by atoms with Crippen LogP contribution in [0, 0.1) is 0 Å². The fraction of sp³-hybridized carbons (Fsp3) is 0.538. The van der Waals surface area contributed by atoms with Gasteiger partial charge in [0, 0.05) is 19.4 Å². The second kappa shape index (κ2) is 5.10. The fourth-order valence-corrected chi connectivity index (χ4v) is 2.13. The molecule has 0 saturated heterocycles. The Hall–Kier alpha value is -1.38. The molecular weight excluding hydrogens is 200 g/mol. The zero-order chi connectivity index (χ0) is 11.4. The van der Waals surface area contributed by atoms with Crippen LogP contribution in [-0.4, -0.2) is 15.3 Å². The van der Waals surface area contributed by atoms with Gasteiger partial charge in [0.25, 0.3) is 0 Å². The molecule has 1 aliphatic rings. The minimum atomic E-state index is 0.106. The molecule has 3 nitrogen and oxygen atoms in total. The third kappa shape index (κ3) is 2.40. The number of carbonyl (C=O) groups is 1. The Morgan fingerprint density at radius 3 is 2.88 bits per heavy atom. The van der Waals surface area contributed by atoms with Crippen molar-refractivity contribution in [2.24, 2.45) is 7.05 Å². The third-order valence-electron chi connectivity index (χ3n) is 3.11. The highest BCUT2D eigenvalue weighted by molar-refractivity contribution is 6.06. The zero-order valence-electron chi connectivity index (χ0n) is 9.78. The van der Waals surface area contributed by atoms with Crippen molar-refractivity contribution in [1.29, 1.82) is 0 Å². The normalized spacial score (nSPS) is 20.7. The molecular formula is C13H18N2O. The minimum absolute atomic E-state index is 0.106. The monoisotopic (exact) mass is 218 g/mol. The predicted molar refractivity (Wildman–Crippen MR) is 63.3 cm³/mol.